The van der Waals surface area contributed by atoms with E-state index in [1.807, 2.05) is 0 Å². The Hall–Kier alpha value is -2.30. The minimum Gasteiger partial charge on any atom is -0.481 e. The molecule has 0 aromatic carbocycles. The van der Waals surface area contributed by atoms with Crippen molar-refractivity contribution in [1.82, 2.24) is 0 Å². The van der Waals surface area contributed by atoms with Crippen LogP contribution < -0.4 is 0 Å². The Morgan fingerprint density at radius 3 is 1.19 bits per heavy atom. The summed E-state index contributed by atoms with van der Waals surface area (Å²) in [5.74, 6) is -1.74. The summed E-state index contributed by atoms with van der Waals surface area (Å²) in [6.07, 6.45) is 2.52. The van der Waals surface area contributed by atoms with Gasteiger partial charge in [0.15, 0.2) is 0 Å². The van der Waals surface area contributed by atoms with Crippen LogP contribution in [0.5, 0.6) is 0 Å². The van der Waals surface area contributed by atoms with E-state index in [2.05, 4.69) is 0 Å². The summed E-state index contributed by atoms with van der Waals surface area (Å²) in [5.41, 5.74) is 0. The number of isocyanates is 2. The third-order valence-corrected chi connectivity index (χ3v) is 1.03. The fraction of sp³-hybridized carbons (Fsp3) is 0.500. The van der Waals surface area contributed by atoms with Crippen LogP contribution in [0.25, 0.3) is 0 Å². The summed E-state index contributed by atoms with van der Waals surface area (Å²) in [6, 6.07) is 0. The maximum atomic E-state index is 9.90. The summed E-state index contributed by atoms with van der Waals surface area (Å²) in [7, 11) is 0. The monoisotopic (exact) mass is 232 g/mol. The van der Waals surface area contributed by atoms with Crippen LogP contribution >= 0.6 is 0 Å². The van der Waals surface area contributed by atoms with Gasteiger partial charge in [0.05, 0.1) is 0 Å². The molecule has 8 heteroatoms. The maximum Gasteiger partial charge on any atom is 0.303 e. The molecule has 0 aromatic rings. The molecule has 0 saturated carbocycles. The van der Waals surface area contributed by atoms with E-state index in [9.17, 15) is 9.59 Å². The van der Waals surface area contributed by atoms with Gasteiger partial charge in [0, 0.05) is 12.8 Å². The standard InChI is InChI=1S/C6H10O4.2CHNO/c7-5(8)3-1-2-4-6(9)10;2*2-1-3/h1-4H2,(H,7,8)(H,9,10);2*2H. The Labute approximate surface area is 90.9 Å². The smallest absolute Gasteiger partial charge is 0.303 e. The van der Waals surface area contributed by atoms with E-state index in [0.29, 0.717) is 12.8 Å². The summed E-state index contributed by atoms with van der Waals surface area (Å²) >= 11 is 0. The van der Waals surface area contributed by atoms with Gasteiger partial charge in [-0.05, 0) is 12.8 Å². The first-order valence-corrected chi connectivity index (χ1v) is 3.97. The number of nitrogens with one attached hydrogen (secondary N) is 2. The molecule has 90 valence electrons. The molecule has 0 atom stereocenters. The Kier molecular flexibility index (Phi) is 22.3. The lowest BCUT2D eigenvalue weighted by atomic mass is 10.2. The van der Waals surface area contributed by atoms with E-state index in [1.165, 1.54) is 0 Å². The number of carboxylic acid groups (broad SMARTS) is 2. The lowest BCUT2D eigenvalue weighted by molar-refractivity contribution is -0.139. The van der Waals surface area contributed by atoms with Crippen LogP contribution in [0.15, 0.2) is 0 Å². The summed E-state index contributed by atoms with van der Waals surface area (Å²) in [6.45, 7) is 0. The highest BCUT2D eigenvalue weighted by Crippen LogP contribution is 1.98. The van der Waals surface area contributed by atoms with Gasteiger partial charge in [-0.3, -0.25) is 9.59 Å². The molecule has 0 spiro atoms. The highest BCUT2D eigenvalue weighted by molar-refractivity contribution is 5.67. The number of unbranched alkanes of at least 4 members (excludes halogenated alkanes) is 1. The Bertz CT molecular complexity index is 236. The van der Waals surface area contributed by atoms with E-state index in [0.717, 1.165) is 12.2 Å². The van der Waals surface area contributed by atoms with Crippen LogP contribution in [0.3, 0.4) is 0 Å². The first-order chi connectivity index (χ1) is 7.45. The molecule has 16 heavy (non-hydrogen) atoms. The summed E-state index contributed by atoms with van der Waals surface area (Å²) < 4.78 is 0. The van der Waals surface area contributed by atoms with Crippen LogP contribution in [-0.4, -0.2) is 34.3 Å². The second-order valence-electron chi connectivity index (χ2n) is 2.20. The zero-order valence-electron chi connectivity index (χ0n) is 8.36. The van der Waals surface area contributed by atoms with Crippen LogP contribution in [0.4, 0.5) is 0 Å². The molecule has 0 aliphatic heterocycles. The van der Waals surface area contributed by atoms with Gasteiger partial charge in [-0.1, -0.05) is 0 Å². The van der Waals surface area contributed by atoms with Crippen LogP contribution in [-0.2, 0) is 19.2 Å². The molecule has 0 rings (SSSR count). The van der Waals surface area contributed by atoms with E-state index < -0.39 is 11.9 Å². The second-order valence-corrected chi connectivity index (χ2v) is 2.20. The molecule has 0 fully saturated rings. The van der Waals surface area contributed by atoms with Crippen molar-refractivity contribution in [2.24, 2.45) is 0 Å². The van der Waals surface area contributed by atoms with Crippen molar-refractivity contribution in [3.05, 3.63) is 0 Å². The minimum atomic E-state index is -0.870. The second kappa shape index (κ2) is 18.5. The normalized spacial score (nSPS) is 6.75. The van der Waals surface area contributed by atoms with Crippen molar-refractivity contribution in [1.29, 1.82) is 10.8 Å². The summed E-state index contributed by atoms with van der Waals surface area (Å²) in [5, 5.41) is 27.1. The van der Waals surface area contributed by atoms with Gasteiger partial charge in [-0.15, -0.1) is 0 Å². The maximum absolute atomic E-state index is 9.90. The van der Waals surface area contributed by atoms with Crippen molar-refractivity contribution >= 4 is 24.1 Å². The minimum absolute atomic E-state index is 0.0628. The lowest BCUT2D eigenvalue weighted by Crippen LogP contribution is -1.97. The predicted molar refractivity (Wildman–Crippen MR) is 50.6 cm³/mol. The zero-order valence-corrected chi connectivity index (χ0v) is 8.36. The number of carbonyl (C=O) groups excluding carboxylic acids is 2. The third-order valence-electron chi connectivity index (χ3n) is 1.03. The molecule has 0 heterocycles. The molecule has 0 unspecified atom stereocenters. The molecule has 0 amide bonds. The molecule has 4 N–H and O–H groups in total. The molecule has 0 aromatic heterocycles. The van der Waals surface area contributed by atoms with Crippen molar-refractivity contribution in [3.8, 4) is 0 Å². The van der Waals surface area contributed by atoms with Gasteiger partial charge in [0.1, 0.15) is 0 Å². The fourth-order valence-electron chi connectivity index (χ4n) is 0.552. The van der Waals surface area contributed by atoms with E-state index in [1.54, 1.807) is 0 Å². The third kappa shape index (κ3) is 60.6. The molecule has 0 radical (unpaired) electrons. The highest BCUT2D eigenvalue weighted by Gasteiger charge is 1.99. The van der Waals surface area contributed by atoms with Crippen molar-refractivity contribution in [2.75, 3.05) is 0 Å². The van der Waals surface area contributed by atoms with E-state index >= 15 is 0 Å². The van der Waals surface area contributed by atoms with Gasteiger partial charge < -0.3 is 10.2 Å². The van der Waals surface area contributed by atoms with E-state index in [-0.39, 0.29) is 12.8 Å². The molecule has 0 bridgehead atoms. The van der Waals surface area contributed by atoms with Crippen LogP contribution in [0.2, 0.25) is 0 Å². The quantitative estimate of drug-likeness (QED) is 0.307. The number of aliphatic carboxylic acids is 2. The number of hydrogen-bond donors (Lipinski definition) is 4. The Morgan fingerprint density at radius 2 is 1.06 bits per heavy atom. The average Bonchev–Trinajstić information content (AvgIpc) is 2.14. The van der Waals surface area contributed by atoms with Crippen molar-refractivity contribution < 1.29 is 29.4 Å². The average molecular weight is 232 g/mol. The lowest BCUT2D eigenvalue weighted by Gasteiger charge is -1.92. The molecule has 0 aliphatic rings. The molecular formula is C8H12N2O6. The van der Waals surface area contributed by atoms with Crippen LogP contribution in [0, 0.1) is 10.8 Å². The van der Waals surface area contributed by atoms with Crippen molar-refractivity contribution in [3.63, 3.8) is 0 Å². The Balaban J connectivity index is -0.000000235. The Morgan fingerprint density at radius 1 is 0.875 bits per heavy atom. The molecule has 8 nitrogen and oxygen atoms in total. The van der Waals surface area contributed by atoms with E-state index in [4.69, 9.17) is 30.6 Å². The molecule has 0 aliphatic carbocycles. The van der Waals surface area contributed by atoms with Gasteiger partial charge in [-0.25, -0.2) is 20.4 Å². The first-order valence-electron chi connectivity index (χ1n) is 3.97. The highest BCUT2D eigenvalue weighted by atomic mass is 16.4. The van der Waals surface area contributed by atoms with Gasteiger partial charge in [0.2, 0.25) is 12.2 Å². The number of carbonyl (C=O) groups is 2. The zero-order chi connectivity index (χ0) is 13.4. The topological polar surface area (TPSA) is 156 Å². The van der Waals surface area contributed by atoms with Gasteiger partial charge in [0.25, 0.3) is 0 Å². The fourth-order valence-corrected chi connectivity index (χ4v) is 0.552. The van der Waals surface area contributed by atoms with Gasteiger partial charge in [-0.2, -0.15) is 0 Å². The number of carboxylic acids is 2. The SMILES string of the molecule is N=C=O.N=C=O.O=C(O)CCCCC(=O)O. The molecular weight excluding hydrogens is 220 g/mol. The number of rotatable bonds is 5. The largest absolute Gasteiger partial charge is 0.481 e. The first kappa shape index (κ1) is 19.3. The molecule has 0 saturated heterocycles. The summed E-state index contributed by atoms with van der Waals surface area (Å²) in [4.78, 5) is 36.5. The number of hydrogen-bond acceptors (Lipinski definition) is 6. The predicted octanol–water partition coefficient (Wildman–Crippen LogP) is 0.518. The van der Waals surface area contributed by atoms with Crippen LogP contribution in [0.1, 0.15) is 25.7 Å². The van der Waals surface area contributed by atoms with Gasteiger partial charge >= 0.3 is 11.9 Å². The van der Waals surface area contributed by atoms with Crippen molar-refractivity contribution in [2.45, 2.75) is 25.7 Å².